The maximum absolute atomic E-state index is 12.1. The highest BCUT2D eigenvalue weighted by molar-refractivity contribution is 7.80. The maximum Gasteiger partial charge on any atom is 0.333 e. The number of carbonyl (C=O) groups excluding carboxylic acids is 3. The Kier molecular flexibility index (Phi) is 3.72. The number of hydrogen-bond acceptors (Lipinski definition) is 6. The molecule has 1 aliphatic carbocycles. The number of carbonyl (C=O) groups is 3. The first kappa shape index (κ1) is 14.4. The summed E-state index contributed by atoms with van der Waals surface area (Å²) in [6, 6.07) is 1.76. The molecular weight excluding hydrogens is 282 g/mol. The highest BCUT2D eigenvalue weighted by Gasteiger charge is 2.56. The van der Waals surface area contributed by atoms with Crippen molar-refractivity contribution in [2.75, 3.05) is 7.11 Å². The second-order valence-electron chi connectivity index (χ2n) is 4.89. The molecular formula is C12H13N3O4S. The van der Waals surface area contributed by atoms with Crippen LogP contribution in [-0.2, 0) is 19.1 Å². The third-order valence-corrected chi connectivity index (χ3v) is 3.70. The predicted molar refractivity (Wildman–Crippen MR) is 70.1 cm³/mol. The summed E-state index contributed by atoms with van der Waals surface area (Å²) in [4.78, 5) is 36.0. The number of esters is 1. The minimum absolute atomic E-state index is 0.0875. The minimum atomic E-state index is -1.73. The van der Waals surface area contributed by atoms with Crippen molar-refractivity contribution >= 4 is 35.0 Å². The monoisotopic (exact) mass is 295 g/mol. The van der Waals surface area contributed by atoms with E-state index in [1.165, 1.54) is 0 Å². The van der Waals surface area contributed by atoms with Crippen molar-refractivity contribution in [1.82, 2.24) is 10.6 Å². The van der Waals surface area contributed by atoms with Crippen molar-refractivity contribution in [2.24, 2.45) is 11.8 Å². The van der Waals surface area contributed by atoms with Crippen molar-refractivity contribution < 1.29 is 19.1 Å². The third-order valence-electron chi connectivity index (χ3n) is 3.49. The molecule has 0 aromatic rings. The Balaban J connectivity index is 2.39. The molecule has 0 aromatic carbocycles. The van der Waals surface area contributed by atoms with Crippen LogP contribution < -0.4 is 10.6 Å². The number of nitriles is 1. The van der Waals surface area contributed by atoms with E-state index in [1.807, 2.05) is 0 Å². The zero-order valence-corrected chi connectivity index (χ0v) is 11.6. The summed E-state index contributed by atoms with van der Waals surface area (Å²) in [6.45, 7) is 0. The van der Waals surface area contributed by atoms with Crippen LogP contribution in [0.2, 0.25) is 0 Å². The molecule has 2 fully saturated rings. The molecule has 7 nitrogen and oxygen atoms in total. The molecule has 1 aliphatic heterocycles. The standard InChI is InChI=1S/C12H13N3O4S/c1-19-10(18)12(4-8(16)6-2-3-6)7(5-13)9(17)14-11(20)15-12/h6-7H,2-4H2,1H3,(H2,14,15,17,20)/t7-,12-/m1/s1. The van der Waals surface area contributed by atoms with Gasteiger partial charge in [0.2, 0.25) is 5.91 Å². The second-order valence-corrected chi connectivity index (χ2v) is 5.29. The summed E-state index contributed by atoms with van der Waals surface area (Å²) in [5.41, 5.74) is -1.73. The number of nitrogens with zero attached hydrogens (tertiary/aromatic N) is 1. The first-order valence-electron chi connectivity index (χ1n) is 6.08. The van der Waals surface area contributed by atoms with E-state index in [-0.39, 0.29) is 23.2 Å². The van der Waals surface area contributed by atoms with E-state index < -0.39 is 23.3 Å². The molecule has 106 valence electrons. The number of rotatable bonds is 4. The molecule has 0 radical (unpaired) electrons. The minimum Gasteiger partial charge on any atom is -0.467 e. The molecule has 2 rings (SSSR count). The van der Waals surface area contributed by atoms with Crippen LogP contribution in [0.5, 0.6) is 0 Å². The molecule has 0 bridgehead atoms. The number of nitrogens with one attached hydrogen (secondary N) is 2. The van der Waals surface area contributed by atoms with Crippen LogP contribution in [0.15, 0.2) is 0 Å². The van der Waals surface area contributed by atoms with E-state index in [4.69, 9.17) is 12.2 Å². The van der Waals surface area contributed by atoms with E-state index >= 15 is 0 Å². The van der Waals surface area contributed by atoms with Crippen LogP contribution in [0.3, 0.4) is 0 Å². The largest absolute Gasteiger partial charge is 0.467 e. The van der Waals surface area contributed by atoms with Crippen LogP contribution in [-0.4, -0.2) is 35.4 Å². The summed E-state index contributed by atoms with van der Waals surface area (Å²) in [5, 5.41) is 14.0. The lowest BCUT2D eigenvalue weighted by molar-refractivity contribution is -0.154. The van der Waals surface area contributed by atoms with Gasteiger partial charge in [0.25, 0.3) is 0 Å². The molecule has 20 heavy (non-hydrogen) atoms. The molecule has 2 aliphatic rings. The quantitative estimate of drug-likeness (QED) is 0.527. The maximum atomic E-state index is 12.1. The molecule has 2 N–H and O–H groups in total. The average molecular weight is 295 g/mol. The Hall–Kier alpha value is -2.01. The van der Waals surface area contributed by atoms with Crippen molar-refractivity contribution in [3.05, 3.63) is 0 Å². The number of hydrogen-bond donors (Lipinski definition) is 2. The zero-order chi connectivity index (χ0) is 14.9. The smallest absolute Gasteiger partial charge is 0.333 e. The van der Waals surface area contributed by atoms with Gasteiger partial charge >= 0.3 is 5.97 Å². The third kappa shape index (κ3) is 2.36. The van der Waals surface area contributed by atoms with Gasteiger partial charge in [-0.15, -0.1) is 0 Å². The Bertz CT molecular complexity index is 537. The fraction of sp³-hybridized carbons (Fsp3) is 0.583. The lowest BCUT2D eigenvalue weighted by Gasteiger charge is -2.38. The Morgan fingerprint density at radius 3 is 2.70 bits per heavy atom. The first-order valence-corrected chi connectivity index (χ1v) is 6.49. The van der Waals surface area contributed by atoms with E-state index in [0.717, 1.165) is 20.0 Å². The number of thiocarbonyl (C=S) groups is 1. The van der Waals surface area contributed by atoms with Gasteiger partial charge in [0.15, 0.2) is 16.6 Å². The molecule has 8 heteroatoms. The summed E-state index contributed by atoms with van der Waals surface area (Å²) in [7, 11) is 1.14. The molecule has 0 unspecified atom stereocenters. The molecule has 2 atom stereocenters. The highest BCUT2D eigenvalue weighted by atomic mass is 32.1. The second kappa shape index (κ2) is 5.17. The van der Waals surface area contributed by atoms with E-state index in [1.54, 1.807) is 6.07 Å². The Morgan fingerprint density at radius 2 is 2.20 bits per heavy atom. The van der Waals surface area contributed by atoms with Crippen LogP contribution in [0.4, 0.5) is 0 Å². The summed E-state index contributed by atoms with van der Waals surface area (Å²) in [6.07, 6.45) is 1.25. The van der Waals surface area contributed by atoms with Crippen LogP contribution in [0, 0.1) is 23.2 Å². The van der Waals surface area contributed by atoms with E-state index in [2.05, 4.69) is 15.4 Å². The van der Waals surface area contributed by atoms with E-state index in [0.29, 0.717) is 0 Å². The molecule has 1 amide bonds. The lowest BCUT2D eigenvalue weighted by Crippen LogP contribution is -2.70. The van der Waals surface area contributed by atoms with Gasteiger partial charge in [0.1, 0.15) is 5.78 Å². The van der Waals surface area contributed by atoms with Crippen LogP contribution in [0.1, 0.15) is 19.3 Å². The molecule has 0 spiro atoms. The van der Waals surface area contributed by atoms with Crippen LogP contribution >= 0.6 is 12.2 Å². The molecule has 1 saturated heterocycles. The Labute approximate surface area is 120 Å². The highest BCUT2D eigenvalue weighted by Crippen LogP contribution is 2.35. The normalized spacial score (nSPS) is 28.9. The van der Waals surface area contributed by atoms with Gasteiger partial charge in [-0.05, 0) is 25.1 Å². The van der Waals surface area contributed by atoms with Gasteiger partial charge in [0.05, 0.1) is 13.2 Å². The van der Waals surface area contributed by atoms with Gasteiger partial charge in [0, 0.05) is 12.3 Å². The van der Waals surface area contributed by atoms with Gasteiger partial charge in [-0.25, -0.2) is 4.79 Å². The SMILES string of the molecule is COC(=O)[C@]1(CC(=O)C2CC2)NC(=S)NC(=O)[C@H]1C#N. The van der Waals surface area contributed by atoms with Gasteiger partial charge in [-0.2, -0.15) is 5.26 Å². The van der Waals surface area contributed by atoms with Crippen molar-refractivity contribution in [1.29, 1.82) is 5.26 Å². The molecule has 0 aromatic heterocycles. The van der Waals surface area contributed by atoms with E-state index in [9.17, 15) is 19.6 Å². The predicted octanol–water partition coefficient (Wildman–Crippen LogP) is -0.589. The topological polar surface area (TPSA) is 108 Å². The van der Waals surface area contributed by atoms with Gasteiger partial charge < -0.3 is 15.4 Å². The number of ketones is 1. The molecule has 1 heterocycles. The number of ether oxygens (including phenoxy) is 1. The van der Waals surface area contributed by atoms with Crippen LogP contribution in [0.25, 0.3) is 0 Å². The van der Waals surface area contributed by atoms with Crippen molar-refractivity contribution in [3.8, 4) is 6.07 Å². The number of amides is 1. The Morgan fingerprint density at radius 1 is 1.55 bits per heavy atom. The summed E-state index contributed by atoms with van der Waals surface area (Å²) in [5.74, 6) is -3.18. The zero-order valence-electron chi connectivity index (χ0n) is 10.8. The molecule has 1 saturated carbocycles. The lowest BCUT2D eigenvalue weighted by atomic mass is 9.78. The van der Waals surface area contributed by atoms with Gasteiger partial charge in [-0.1, -0.05) is 0 Å². The summed E-state index contributed by atoms with van der Waals surface area (Å²) >= 11 is 4.86. The average Bonchev–Trinajstić information content (AvgIpc) is 3.21. The number of methoxy groups -OCH3 is 1. The first-order chi connectivity index (χ1) is 9.44. The fourth-order valence-corrected chi connectivity index (χ4v) is 2.56. The van der Waals surface area contributed by atoms with Crippen molar-refractivity contribution in [2.45, 2.75) is 24.8 Å². The fourth-order valence-electron chi connectivity index (χ4n) is 2.28. The van der Waals surface area contributed by atoms with Crippen molar-refractivity contribution in [3.63, 3.8) is 0 Å². The number of Topliss-reactive ketones (excluding diaryl/α,β-unsaturated/α-hetero) is 1. The summed E-state index contributed by atoms with van der Waals surface area (Å²) < 4.78 is 4.68. The van der Waals surface area contributed by atoms with Gasteiger partial charge in [-0.3, -0.25) is 9.59 Å².